The lowest BCUT2D eigenvalue weighted by atomic mass is 9.80. The standard InChI is InChI=1S/C14H30N4O2/c1-6-11(4)18(5)10-9-16-13(19)14(7-2,8-3)12(15)17-20/h11,20H,6-10H2,1-5H3,(H2,15,17)(H,16,19). The van der Waals surface area contributed by atoms with Crippen LogP contribution < -0.4 is 11.1 Å². The van der Waals surface area contributed by atoms with Gasteiger partial charge in [0.25, 0.3) is 0 Å². The molecule has 0 rings (SSSR count). The molecule has 0 aliphatic carbocycles. The van der Waals surface area contributed by atoms with Crippen LogP contribution in [0.25, 0.3) is 0 Å². The fraction of sp³-hybridized carbons (Fsp3) is 0.857. The second kappa shape index (κ2) is 8.79. The Kier molecular flexibility index (Phi) is 8.22. The number of carbonyl (C=O) groups excluding carboxylic acids is 1. The monoisotopic (exact) mass is 286 g/mol. The molecule has 6 heteroatoms. The Hall–Kier alpha value is -1.30. The highest BCUT2D eigenvalue weighted by Crippen LogP contribution is 2.26. The average Bonchev–Trinajstić information content (AvgIpc) is 2.47. The number of amidine groups is 1. The van der Waals surface area contributed by atoms with Gasteiger partial charge in [0.15, 0.2) is 5.84 Å². The fourth-order valence-corrected chi connectivity index (χ4v) is 2.19. The molecule has 1 amide bonds. The molecule has 0 bridgehead atoms. The number of nitrogens with one attached hydrogen (secondary N) is 1. The van der Waals surface area contributed by atoms with Crippen molar-refractivity contribution < 1.29 is 10.0 Å². The summed E-state index contributed by atoms with van der Waals surface area (Å²) in [6.45, 7) is 9.36. The highest BCUT2D eigenvalue weighted by Gasteiger charge is 2.39. The van der Waals surface area contributed by atoms with Crippen molar-refractivity contribution in [1.82, 2.24) is 10.2 Å². The molecule has 118 valence electrons. The van der Waals surface area contributed by atoms with Gasteiger partial charge >= 0.3 is 0 Å². The second-order valence-corrected chi connectivity index (χ2v) is 5.27. The van der Waals surface area contributed by atoms with Crippen molar-refractivity contribution in [3.05, 3.63) is 0 Å². The maximum Gasteiger partial charge on any atom is 0.233 e. The molecular formula is C14H30N4O2. The fourth-order valence-electron chi connectivity index (χ4n) is 2.19. The van der Waals surface area contributed by atoms with Crippen molar-refractivity contribution in [3.63, 3.8) is 0 Å². The van der Waals surface area contributed by atoms with Gasteiger partial charge in [-0.15, -0.1) is 0 Å². The molecule has 6 nitrogen and oxygen atoms in total. The minimum absolute atomic E-state index is 0.0183. The molecule has 4 N–H and O–H groups in total. The zero-order valence-electron chi connectivity index (χ0n) is 13.4. The van der Waals surface area contributed by atoms with E-state index < -0.39 is 5.41 Å². The number of rotatable bonds is 9. The van der Waals surface area contributed by atoms with Crippen LogP contribution in [0.15, 0.2) is 5.16 Å². The summed E-state index contributed by atoms with van der Waals surface area (Å²) in [5.41, 5.74) is 4.79. The molecular weight excluding hydrogens is 256 g/mol. The van der Waals surface area contributed by atoms with Gasteiger partial charge in [-0.1, -0.05) is 25.9 Å². The van der Waals surface area contributed by atoms with Gasteiger partial charge in [-0.25, -0.2) is 0 Å². The summed E-state index contributed by atoms with van der Waals surface area (Å²) in [5.74, 6) is -0.189. The average molecular weight is 286 g/mol. The summed E-state index contributed by atoms with van der Waals surface area (Å²) in [7, 11) is 2.04. The van der Waals surface area contributed by atoms with Crippen molar-refractivity contribution in [2.24, 2.45) is 16.3 Å². The Bertz CT molecular complexity index is 327. The lowest BCUT2D eigenvalue weighted by Gasteiger charge is -2.29. The minimum atomic E-state index is -0.913. The van der Waals surface area contributed by atoms with E-state index in [2.05, 4.69) is 29.2 Å². The smallest absolute Gasteiger partial charge is 0.233 e. The summed E-state index contributed by atoms with van der Waals surface area (Å²) >= 11 is 0. The third kappa shape index (κ3) is 4.37. The largest absolute Gasteiger partial charge is 0.409 e. The van der Waals surface area contributed by atoms with Gasteiger partial charge in [-0.05, 0) is 33.2 Å². The van der Waals surface area contributed by atoms with E-state index in [0.29, 0.717) is 25.4 Å². The SMILES string of the molecule is CCC(C)N(C)CCNC(=O)C(CC)(CC)C(N)=NO. The van der Waals surface area contributed by atoms with Gasteiger partial charge in [-0.3, -0.25) is 4.79 Å². The summed E-state index contributed by atoms with van der Waals surface area (Å²) in [5, 5.41) is 14.8. The summed E-state index contributed by atoms with van der Waals surface area (Å²) in [4.78, 5) is 14.5. The van der Waals surface area contributed by atoms with Gasteiger partial charge in [0.2, 0.25) is 5.91 Å². The van der Waals surface area contributed by atoms with Crippen LogP contribution >= 0.6 is 0 Å². The molecule has 1 unspecified atom stereocenters. The van der Waals surface area contributed by atoms with Crippen LogP contribution in [0.3, 0.4) is 0 Å². The van der Waals surface area contributed by atoms with Crippen LogP contribution in [0.4, 0.5) is 0 Å². The van der Waals surface area contributed by atoms with E-state index >= 15 is 0 Å². The second-order valence-electron chi connectivity index (χ2n) is 5.27. The molecule has 20 heavy (non-hydrogen) atoms. The Morgan fingerprint density at radius 1 is 1.40 bits per heavy atom. The van der Waals surface area contributed by atoms with E-state index in [1.165, 1.54) is 0 Å². The first-order valence-corrected chi connectivity index (χ1v) is 7.36. The molecule has 0 spiro atoms. The number of likely N-dealkylation sites (N-methyl/N-ethyl adjacent to an activating group) is 1. The Labute approximate surface area is 122 Å². The highest BCUT2D eigenvalue weighted by molar-refractivity contribution is 6.06. The van der Waals surface area contributed by atoms with E-state index in [1.54, 1.807) is 0 Å². The van der Waals surface area contributed by atoms with Crippen molar-refractivity contribution in [2.45, 2.75) is 53.0 Å². The maximum absolute atomic E-state index is 12.3. The Balaban J connectivity index is 4.58. The number of oxime groups is 1. The molecule has 0 saturated heterocycles. The van der Waals surface area contributed by atoms with E-state index in [-0.39, 0.29) is 11.7 Å². The third-order valence-electron chi connectivity index (χ3n) is 4.33. The number of hydrogen-bond donors (Lipinski definition) is 3. The van der Waals surface area contributed by atoms with E-state index in [0.717, 1.165) is 13.0 Å². The predicted octanol–water partition coefficient (Wildman–Crippen LogP) is 1.39. The molecule has 0 aromatic rings. The minimum Gasteiger partial charge on any atom is -0.409 e. The summed E-state index contributed by atoms with van der Waals surface area (Å²) in [6, 6.07) is 0.484. The quantitative estimate of drug-likeness (QED) is 0.258. The van der Waals surface area contributed by atoms with Crippen LogP contribution in [0.1, 0.15) is 47.0 Å². The number of amides is 1. The molecule has 0 aliphatic rings. The predicted molar refractivity (Wildman–Crippen MR) is 81.8 cm³/mol. The molecule has 0 radical (unpaired) electrons. The van der Waals surface area contributed by atoms with Gasteiger partial charge in [-0.2, -0.15) is 0 Å². The Morgan fingerprint density at radius 2 is 1.95 bits per heavy atom. The van der Waals surface area contributed by atoms with Gasteiger partial charge in [0, 0.05) is 19.1 Å². The van der Waals surface area contributed by atoms with Crippen LogP contribution in [0.2, 0.25) is 0 Å². The van der Waals surface area contributed by atoms with E-state index in [9.17, 15) is 4.79 Å². The number of nitrogens with two attached hydrogens (primary N) is 1. The molecule has 0 aromatic heterocycles. The van der Waals surface area contributed by atoms with Crippen molar-refractivity contribution in [3.8, 4) is 0 Å². The lowest BCUT2D eigenvalue weighted by molar-refractivity contribution is -0.128. The van der Waals surface area contributed by atoms with Crippen molar-refractivity contribution in [2.75, 3.05) is 20.1 Å². The zero-order chi connectivity index (χ0) is 15.8. The number of hydrogen-bond acceptors (Lipinski definition) is 4. The summed E-state index contributed by atoms with van der Waals surface area (Å²) < 4.78 is 0. The first-order valence-electron chi connectivity index (χ1n) is 7.36. The number of carbonyl (C=O) groups is 1. The Morgan fingerprint density at radius 3 is 2.35 bits per heavy atom. The molecule has 0 aromatic carbocycles. The van der Waals surface area contributed by atoms with Crippen molar-refractivity contribution >= 4 is 11.7 Å². The van der Waals surface area contributed by atoms with Crippen LogP contribution in [0, 0.1) is 5.41 Å². The molecule has 0 fully saturated rings. The molecule has 0 saturated carbocycles. The molecule has 0 aliphatic heterocycles. The highest BCUT2D eigenvalue weighted by atomic mass is 16.4. The van der Waals surface area contributed by atoms with Gasteiger partial charge < -0.3 is 21.2 Å². The normalized spacial score (nSPS) is 14.4. The van der Waals surface area contributed by atoms with Crippen LogP contribution in [-0.2, 0) is 4.79 Å². The van der Waals surface area contributed by atoms with Crippen molar-refractivity contribution in [1.29, 1.82) is 0 Å². The third-order valence-corrected chi connectivity index (χ3v) is 4.33. The van der Waals surface area contributed by atoms with E-state index in [1.807, 2.05) is 20.9 Å². The zero-order valence-corrected chi connectivity index (χ0v) is 13.4. The van der Waals surface area contributed by atoms with Gasteiger partial charge in [0.05, 0.1) is 0 Å². The topological polar surface area (TPSA) is 91.0 Å². The maximum atomic E-state index is 12.3. The number of nitrogens with zero attached hydrogens (tertiary/aromatic N) is 2. The first-order chi connectivity index (χ1) is 9.39. The van der Waals surface area contributed by atoms with Crippen LogP contribution in [-0.4, -0.2) is 48.0 Å². The lowest BCUT2D eigenvalue weighted by Crippen LogP contribution is -2.50. The molecule has 0 heterocycles. The summed E-state index contributed by atoms with van der Waals surface area (Å²) in [6.07, 6.45) is 2.08. The van der Waals surface area contributed by atoms with Gasteiger partial charge in [0.1, 0.15) is 5.41 Å². The van der Waals surface area contributed by atoms with E-state index in [4.69, 9.17) is 10.9 Å². The molecule has 1 atom stereocenters. The van der Waals surface area contributed by atoms with Crippen LogP contribution in [0.5, 0.6) is 0 Å². The first kappa shape index (κ1) is 18.7.